The van der Waals surface area contributed by atoms with E-state index in [1.54, 1.807) is 11.1 Å². The Bertz CT molecular complexity index is 609. The average molecular weight is 376 g/mol. The van der Waals surface area contributed by atoms with E-state index in [-0.39, 0.29) is 12.1 Å². The lowest BCUT2D eigenvalue weighted by Crippen LogP contribution is -2.40. The first-order chi connectivity index (χ1) is 12.3. The number of hydrogen-bond acceptors (Lipinski definition) is 3. The molecule has 2 aliphatic carbocycles. The molecule has 0 bridgehead atoms. The van der Waals surface area contributed by atoms with Crippen molar-refractivity contribution < 1.29 is 5.11 Å². The van der Waals surface area contributed by atoms with Crippen molar-refractivity contribution in [2.24, 2.45) is 17.1 Å². The molecule has 1 saturated carbocycles. The molecular formula is C23H37NOS. The molecule has 2 aliphatic rings. The zero-order valence-corrected chi connectivity index (χ0v) is 17.7. The SMILES string of the molecule is CC(C)(C)CCSC[C@@H]1CCc2cc([C@H]3CC[C@](N)(CO)C3)ccc2C1. The Kier molecular flexibility index (Phi) is 6.41. The van der Waals surface area contributed by atoms with Crippen molar-refractivity contribution in [2.75, 3.05) is 18.1 Å². The number of hydrogen-bond donors (Lipinski definition) is 2. The average Bonchev–Trinajstić information content (AvgIpc) is 3.00. The third-order valence-corrected chi connectivity index (χ3v) is 7.54. The number of rotatable bonds is 6. The summed E-state index contributed by atoms with van der Waals surface area (Å²) in [4.78, 5) is 0. The smallest absolute Gasteiger partial charge is 0.0611 e. The number of aliphatic hydroxyl groups is 1. The molecule has 0 spiro atoms. The fourth-order valence-electron chi connectivity index (χ4n) is 4.46. The largest absolute Gasteiger partial charge is 0.394 e. The predicted octanol–water partition coefficient (Wildman–Crippen LogP) is 4.92. The van der Waals surface area contributed by atoms with Crippen molar-refractivity contribution in [2.45, 2.75) is 77.2 Å². The molecule has 0 radical (unpaired) electrons. The van der Waals surface area contributed by atoms with E-state index in [2.05, 4.69) is 50.7 Å². The van der Waals surface area contributed by atoms with E-state index in [1.807, 2.05) is 0 Å². The van der Waals surface area contributed by atoms with Gasteiger partial charge in [0.25, 0.3) is 0 Å². The molecule has 0 unspecified atom stereocenters. The zero-order chi connectivity index (χ0) is 18.8. The van der Waals surface area contributed by atoms with Gasteiger partial charge in [-0.1, -0.05) is 39.0 Å². The van der Waals surface area contributed by atoms with Crippen LogP contribution in [-0.2, 0) is 12.8 Å². The van der Waals surface area contributed by atoms with Gasteiger partial charge in [0, 0.05) is 5.54 Å². The van der Waals surface area contributed by atoms with Crippen molar-refractivity contribution in [1.82, 2.24) is 0 Å². The van der Waals surface area contributed by atoms with Crippen LogP contribution in [-0.4, -0.2) is 28.8 Å². The van der Waals surface area contributed by atoms with Gasteiger partial charge in [-0.25, -0.2) is 0 Å². The number of thioether (sulfide) groups is 1. The Labute approximate surface area is 164 Å². The molecule has 1 aromatic carbocycles. The first-order valence-electron chi connectivity index (χ1n) is 10.4. The quantitative estimate of drug-likeness (QED) is 0.694. The highest BCUT2D eigenvalue weighted by Crippen LogP contribution is 2.40. The molecule has 1 aromatic rings. The van der Waals surface area contributed by atoms with Gasteiger partial charge in [-0.3, -0.25) is 0 Å². The minimum atomic E-state index is -0.351. The third-order valence-electron chi connectivity index (χ3n) is 6.34. The summed E-state index contributed by atoms with van der Waals surface area (Å²) in [6.07, 6.45) is 8.11. The van der Waals surface area contributed by atoms with Gasteiger partial charge in [0.05, 0.1) is 6.61 Å². The van der Waals surface area contributed by atoms with E-state index in [9.17, 15) is 5.11 Å². The van der Waals surface area contributed by atoms with Gasteiger partial charge >= 0.3 is 0 Å². The summed E-state index contributed by atoms with van der Waals surface area (Å²) >= 11 is 2.15. The van der Waals surface area contributed by atoms with Gasteiger partial charge in [0.2, 0.25) is 0 Å². The van der Waals surface area contributed by atoms with Gasteiger partial charge in [-0.15, -0.1) is 0 Å². The van der Waals surface area contributed by atoms with Gasteiger partial charge in [-0.2, -0.15) is 11.8 Å². The number of aliphatic hydroxyl groups excluding tert-OH is 1. The van der Waals surface area contributed by atoms with E-state index in [0.717, 1.165) is 25.2 Å². The Morgan fingerprint density at radius 2 is 2.04 bits per heavy atom. The lowest BCUT2D eigenvalue weighted by Gasteiger charge is -2.26. The Morgan fingerprint density at radius 1 is 1.23 bits per heavy atom. The standard InChI is InChI=1S/C23H37NOS/c1-22(2,3)10-11-26-15-17-4-5-19-13-20(7-6-18(19)12-17)21-8-9-23(24,14-21)16-25/h6-7,13,17,21,25H,4-5,8-12,14-16,24H2,1-3H3/t17-,21+,23-/m1/s1. The van der Waals surface area contributed by atoms with E-state index < -0.39 is 0 Å². The van der Waals surface area contributed by atoms with E-state index in [0.29, 0.717) is 11.3 Å². The summed E-state index contributed by atoms with van der Waals surface area (Å²) in [6, 6.07) is 7.17. The zero-order valence-electron chi connectivity index (χ0n) is 16.9. The maximum atomic E-state index is 9.52. The van der Waals surface area contributed by atoms with Crippen LogP contribution in [0.4, 0.5) is 0 Å². The molecule has 2 nitrogen and oxygen atoms in total. The summed E-state index contributed by atoms with van der Waals surface area (Å²) in [5.74, 6) is 3.98. The predicted molar refractivity (Wildman–Crippen MR) is 114 cm³/mol. The minimum absolute atomic E-state index is 0.114. The highest BCUT2D eigenvalue weighted by molar-refractivity contribution is 7.99. The van der Waals surface area contributed by atoms with E-state index in [4.69, 9.17) is 5.73 Å². The van der Waals surface area contributed by atoms with Gasteiger partial charge in [-0.05, 0) is 90.4 Å². The second-order valence-corrected chi connectivity index (χ2v) is 11.1. The van der Waals surface area contributed by atoms with Gasteiger partial charge < -0.3 is 10.8 Å². The minimum Gasteiger partial charge on any atom is -0.394 e. The summed E-state index contributed by atoms with van der Waals surface area (Å²) in [5.41, 5.74) is 11.0. The van der Waals surface area contributed by atoms with Crippen LogP contribution in [0.2, 0.25) is 0 Å². The lowest BCUT2D eigenvalue weighted by atomic mass is 9.82. The summed E-state index contributed by atoms with van der Waals surface area (Å²) in [7, 11) is 0. The van der Waals surface area contributed by atoms with Crippen LogP contribution in [0.3, 0.4) is 0 Å². The molecule has 0 aliphatic heterocycles. The molecule has 0 saturated heterocycles. The highest BCUT2D eigenvalue weighted by Gasteiger charge is 2.36. The van der Waals surface area contributed by atoms with Crippen LogP contribution in [0.1, 0.15) is 75.5 Å². The molecule has 3 heteroatoms. The Balaban J connectivity index is 1.53. The van der Waals surface area contributed by atoms with Crippen molar-refractivity contribution in [3.63, 3.8) is 0 Å². The van der Waals surface area contributed by atoms with E-state index in [1.165, 1.54) is 42.8 Å². The normalized spacial score (nSPS) is 29.0. The van der Waals surface area contributed by atoms with Crippen molar-refractivity contribution >= 4 is 11.8 Å². The number of nitrogens with two attached hydrogens (primary N) is 1. The molecule has 3 N–H and O–H groups in total. The van der Waals surface area contributed by atoms with Crippen molar-refractivity contribution in [1.29, 1.82) is 0 Å². The molecule has 3 rings (SSSR count). The van der Waals surface area contributed by atoms with Crippen LogP contribution in [0, 0.1) is 11.3 Å². The fraction of sp³-hybridized carbons (Fsp3) is 0.739. The first-order valence-corrected chi connectivity index (χ1v) is 11.5. The number of aryl methyl sites for hydroxylation is 1. The molecule has 1 fully saturated rings. The second-order valence-electron chi connectivity index (χ2n) is 9.98. The van der Waals surface area contributed by atoms with Crippen molar-refractivity contribution in [3.8, 4) is 0 Å². The fourth-order valence-corrected chi connectivity index (χ4v) is 6.00. The third kappa shape index (κ3) is 5.27. The topological polar surface area (TPSA) is 46.2 Å². The van der Waals surface area contributed by atoms with Crippen LogP contribution < -0.4 is 5.73 Å². The maximum Gasteiger partial charge on any atom is 0.0611 e. The Hall–Kier alpha value is -0.510. The molecule has 0 aromatic heterocycles. The lowest BCUT2D eigenvalue weighted by molar-refractivity contribution is 0.198. The Morgan fingerprint density at radius 3 is 2.73 bits per heavy atom. The van der Waals surface area contributed by atoms with Crippen LogP contribution >= 0.6 is 11.8 Å². The molecular weight excluding hydrogens is 338 g/mol. The van der Waals surface area contributed by atoms with Gasteiger partial charge in [0.15, 0.2) is 0 Å². The molecule has 0 heterocycles. The van der Waals surface area contributed by atoms with Crippen LogP contribution in [0.25, 0.3) is 0 Å². The highest BCUT2D eigenvalue weighted by atomic mass is 32.2. The molecule has 0 amide bonds. The van der Waals surface area contributed by atoms with Gasteiger partial charge in [0.1, 0.15) is 0 Å². The summed E-state index contributed by atoms with van der Waals surface area (Å²) in [6.45, 7) is 7.12. The maximum absolute atomic E-state index is 9.52. The second kappa shape index (κ2) is 8.24. The first kappa shape index (κ1) is 20.2. The van der Waals surface area contributed by atoms with E-state index >= 15 is 0 Å². The van der Waals surface area contributed by atoms with Crippen LogP contribution in [0.15, 0.2) is 18.2 Å². The number of fused-ring (bicyclic) bond motifs is 1. The summed E-state index contributed by atoms with van der Waals surface area (Å²) in [5, 5.41) is 9.52. The molecule has 26 heavy (non-hydrogen) atoms. The number of benzene rings is 1. The molecule has 3 atom stereocenters. The summed E-state index contributed by atoms with van der Waals surface area (Å²) < 4.78 is 0. The van der Waals surface area contributed by atoms with Crippen LogP contribution in [0.5, 0.6) is 0 Å². The molecule has 146 valence electrons. The van der Waals surface area contributed by atoms with Crippen molar-refractivity contribution in [3.05, 3.63) is 34.9 Å². The monoisotopic (exact) mass is 375 g/mol.